The molecule has 136 valence electrons. The third kappa shape index (κ3) is 3.08. The number of halogens is 4. The van der Waals surface area contributed by atoms with Crippen LogP contribution in [0, 0.1) is 0 Å². The molecule has 3 rings (SSSR count). The number of aromatic hydroxyl groups is 1. The molecule has 0 bridgehead atoms. The molecule has 0 aliphatic carbocycles. The largest absolute Gasteiger partial charge is 0.507 e. The highest BCUT2D eigenvalue weighted by Crippen LogP contribution is 2.42. The number of rotatable bonds is 2. The van der Waals surface area contributed by atoms with Crippen molar-refractivity contribution >= 4 is 27.5 Å². The Kier molecular flexibility index (Phi) is 4.53. The zero-order valence-electron chi connectivity index (χ0n) is 13.0. The topological polar surface area (TPSA) is 73.1 Å². The molecule has 0 saturated carbocycles. The van der Waals surface area contributed by atoms with Crippen molar-refractivity contribution in [2.75, 3.05) is 0 Å². The van der Waals surface area contributed by atoms with Gasteiger partial charge in [0.15, 0.2) is 0 Å². The van der Waals surface area contributed by atoms with Crippen molar-refractivity contribution in [1.82, 2.24) is 5.01 Å². The number of carbonyl (C=O) groups is 1. The van der Waals surface area contributed by atoms with E-state index in [0.717, 1.165) is 12.1 Å². The average Bonchev–Trinajstić information content (AvgIpc) is 2.94. The van der Waals surface area contributed by atoms with Gasteiger partial charge in [0.05, 0.1) is 17.7 Å². The Morgan fingerprint density at radius 2 is 1.77 bits per heavy atom. The second kappa shape index (κ2) is 6.40. The van der Waals surface area contributed by atoms with Gasteiger partial charge in [0, 0.05) is 4.47 Å². The predicted octanol–water partition coefficient (Wildman–Crippen LogP) is 3.66. The number of benzene rings is 2. The van der Waals surface area contributed by atoms with Gasteiger partial charge in [0.25, 0.3) is 11.6 Å². The van der Waals surface area contributed by atoms with Crippen molar-refractivity contribution in [1.29, 1.82) is 0 Å². The number of hydrazone groups is 1. The van der Waals surface area contributed by atoms with Crippen LogP contribution >= 0.6 is 15.9 Å². The van der Waals surface area contributed by atoms with E-state index >= 15 is 0 Å². The average molecular weight is 429 g/mol. The van der Waals surface area contributed by atoms with Crippen molar-refractivity contribution in [3.63, 3.8) is 0 Å². The van der Waals surface area contributed by atoms with E-state index in [1.807, 2.05) is 0 Å². The quantitative estimate of drug-likeness (QED) is 0.766. The van der Waals surface area contributed by atoms with Gasteiger partial charge in [-0.05, 0) is 29.8 Å². The first-order valence-electron chi connectivity index (χ1n) is 7.38. The molecule has 1 aliphatic heterocycles. The van der Waals surface area contributed by atoms with Crippen LogP contribution in [0.25, 0.3) is 0 Å². The van der Waals surface area contributed by atoms with Crippen LogP contribution in [0.2, 0.25) is 0 Å². The van der Waals surface area contributed by atoms with Crippen LogP contribution in [0.15, 0.2) is 58.1 Å². The predicted molar refractivity (Wildman–Crippen MR) is 90.6 cm³/mol. The molecular weight excluding hydrogens is 417 g/mol. The van der Waals surface area contributed by atoms with Crippen molar-refractivity contribution in [3.05, 3.63) is 64.1 Å². The van der Waals surface area contributed by atoms with Crippen molar-refractivity contribution in [2.24, 2.45) is 5.10 Å². The molecule has 0 aromatic heterocycles. The molecule has 1 amide bonds. The molecular formula is C17H12BrF3N2O3. The lowest BCUT2D eigenvalue weighted by Crippen LogP contribution is -2.56. The number of phenolic OH excluding ortho intramolecular Hbond substituents is 1. The lowest BCUT2D eigenvalue weighted by Gasteiger charge is -2.32. The molecule has 26 heavy (non-hydrogen) atoms. The summed E-state index contributed by atoms with van der Waals surface area (Å²) >= 11 is 3.22. The maximum atomic E-state index is 13.5. The highest BCUT2D eigenvalue weighted by Gasteiger charge is 2.63. The summed E-state index contributed by atoms with van der Waals surface area (Å²) in [4.78, 5) is 12.6. The molecule has 0 unspecified atom stereocenters. The Bertz CT molecular complexity index is 884. The molecule has 0 saturated heterocycles. The fraction of sp³-hybridized carbons (Fsp3) is 0.176. The van der Waals surface area contributed by atoms with Gasteiger partial charge in [-0.1, -0.05) is 40.2 Å². The summed E-state index contributed by atoms with van der Waals surface area (Å²) in [5, 5.41) is 23.7. The minimum atomic E-state index is -5.15. The number of hydrogen-bond acceptors (Lipinski definition) is 4. The minimum Gasteiger partial charge on any atom is -0.507 e. The number of nitrogens with zero attached hydrogens (tertiary/aromatic N) is 2. The summed E-state index contributed by atoms with van der Waals surface area (Å²) in [5.74, 6) is -1.76. The van der Waals surface area contributed by atoms with Crippen LogP contribution in [0.1, 0.15) is 22.3 Å². The summed E-state index contributed by atoms with van der Waals surface area (Å²) in [6.45, 7) is 0. The van der Waals surface area contributed by atoms with E-state index in [1.54, 1.807) is 12.1 Å². The normalized spacial score (nSPS) is 20.2. The molecule has 2 aromatic rings. The molecule has 1 aliphatic rings. The first-order chi connectivity index (χ1) is 12.1. The fourth-order valence-corrected chi connectivity index (χ4v) is 2.82. The monoisotopic (exact) mass is 428 g/mol. The Labute approximate surface area is 154 Å². The lowest BCUT2D eigenvalue weighted by atomic mass is 10.0. The molecule has 9 heteroatoms. The summed E-state index contributed by atoms with van der Waals surface area (Å²) in [6, 6.07) is 11.4. The van der Waals surface area contributed by atoms with Gasteiger partial charge in [-0.2, -0.15) is 23.3 Å². The maximum absolute atomic E-state index is 13.5. The van der Waals surface area contributed by atoms with Crippen LogP contribution in [0.3, 0.4) is 0 Å². The van der Waals surface area contributed by atoms with Gasteiger partial charge in [-0.25, -0.2) is 0 Å². The second-order valence-corrected chi connectivity index (χ2v) is 6.59. The van der Waals surface area contributed by atoms with E-state index in [1.165, 1.54) is 24.3 Å². The van der Waals surface area contributed by atoms with Crippen LogP contribution < -0.4 is 0 Å². The van der Waals surface area contributed by atoms with Crippen LogP contribution in [-0.4, -0.2) is 38.7 Å². The molecule has 1 atom stereocenters. The summed E-state index contributed by atoms with van der Waals surface area (Å²) in [6.07, 6.45) is -6.06. The smallest absolute Gasteiger partial charge is 0.438 e. The van der Waals surface area contributed by atoms with Crippen molar-refractivity contribution in [3.8, 4) is 5.75 Å². The minimum absolute atomic E-state index is 0.0145. The highest BCUT2D eigenvalue weighted by molar-refractivity contribution is 9.10. The Morgan fingerprint density at radius 1 is 1.15 bits per heavy atom. The van der Waals surface area contributed by atoms with Crippen LogP contribution in [-0.2, 0) is 0 Å². The molecule has 2 N–H and O–H groups in total. The van der Waals surface area contributed by atoms with Crippen LogP contribution in [0.5, 0.6) is 5.75 Å². The number of aliphatic hydroxyl groups is 1. The first-order valence-corrected chi connectivity index (χ1v) is 8.18. The number of phenols is 1. The molecule has 0 spiro atoms. The number of carbonyl (C=O) groups excluding carboxylic acids is 1. The SMILES string of the molecule is O=C(c1ccccc1O)N1N=C(c2ccc(Br)cc2)C[C@@]1(O)C(F)(F)F. The van der Waals surface area contributed by atoms with Gasteiger partial charge in [0.2, 0.25) is 0 Å². The number of hydrogen-bond donors (Lipinski definition) is 2. The van der Waals surface area contributed by atoms with Gasteiger partial charge >= 0.3 is 6.18 Å². The van der Waals surface area contributed by atoms with Crippen molar-refractivity contribution in [2.45, 2.75) is 18.3 Å². The van der Waals surface area contributed by atoms with E-state index in [-0.39, 0.29) is 10.7 Å². The highest BCUT2D eigenvalue weighted by atomic mass is 79.9. The Hall–Kier alpha value is -2.39. The molecule has 2 aromatic carbocycles. The Balaban J connectivity index is 2.07. The zero-order chi connectivity index (χ0) is 19.1. The Morgan fingerprint density at radius 3 is 2.35 bits per heavy atom. The molecule has 1 heterocycles. The van der Waals surface area contributed by atoms with Gasteiger partial charge in [-0.15, -0.1) is 0 Å². The van der Waals surface area contributed by atoms with Gasteiger partial charge in [-0.3, -0.25) is 4.79 Å². The lowest BCUT2D eigenvalue weighted by molar-refractivity contribution is -0.297. The standard InChI is InChI=1S/C17H12BrF3N2O3/c18-11-7-5-10(6-8-11)13-9-16(26,17(19,20)21)23(22-13)15(25)12-3-1-2-4-14(12)24/h1-8,24,26H,9H2/t16-/m1/s1. The van der Waals surface area contributed by atoms with E-state index < -0.39 is 35.5 Å². The third-order valence-electron chi connectivity index (χ3n) is 3.94. The van der Waals surface area contributed by atoms with Crippen LogP contribution in [0.4, 0.5) is 13.2 Å². The third-order valence-corrected chi connectivity index (χ3v) is 4.47. The van der Waals surface area contributed by atoms with E-state index in [9.17, 15) is 28.2 Å². The molecule has 0 radical (unpaired) electrons. The van der Waals surface area contributed by atoms with Gasteiger partial charge < -0.3 is 10.2 Å². The summed E-state index contributed by atoms with van der Waals surface area (Å²) in [5.41, 5.74) is -3.66. The second-order valence-electron chi connectivity index (χ2n) is 5.68. The van der Waals surface area contributed by atoms with E-state index in [0.29, 0.717) is 10.0 Å². The summed E-state index contributed by atoms with van der Waals surface area (Å²) in [7, 11) is 0. The fourth-order valence-electron chi connectivity index (χ4n) is 2.55. The van der Waals surface area contributed by atoms with Crippen molar-refractivity contribution < 1.29 is 28.2 Å². The van der Waals surface area contributed by atoms with Gasteiger partial charge in [0.1, 0.15) is 5.75 Å². The molecule has 5 nitrogen and oxygen atoms in total. The zero-order valence-corrected chi connectivity index (χ0v) is 14.6. The number of para-hydroxylation sites is 1. The number of amides is 1. The molecule has 0 fully saturated rings. The first kappa shape index (κ1) is 18.4. The van der Waals surface area contributed by atoms with E-state index in [4.69, 9.17) is 0 Å². The van der Waals surface area contributed by atoms with E-state index in [2.05, 4.69) is 21.0 Å². The summed E-state index contributed by atoms with van der Waals surface area (Å²) < 4.78 is 41.3. The number of alkyl halides is 3. The maximum Gasteiger partial charge on any atom is 0.438 e.